The summed E-state index contributed by atoms with van der Waals surface area (Å²) in [7, 11) is 0. The van der Waals surface area contributed by atoms with Crippen molar-refractivity contribution < 1.29 is 38.1 Å². The first-order chi connectivity index (χ1) is 19.9. The number of benzene rings is 4. The van der Waals surface area contributed by atoms with Gasteiger partial charge in [-0.15, -0.1) is 0 Å². The second kappa shape index (κ2) is 9.69. The van der Waals surface area contributed by atoms with Crippen molar-refractivity contribution in [2.45, 2.75) is 41.5 Å². The fraction of sp³-hybridized carbons (Fsp3) is 0.176. The first-order valence-corrected chi connectivity index (χ1v) is 13.3. The lowest BCUT2D eigenvalue weighted by Gasteiger charge is -2.21. The van der Waals surface area contributed by atoms with Crippen LogP contribution in [0.25, 0.3) is 11.1 Å². The molecule has 2 aliphatic heterocycles. The van der Waals surface area contributed by atoms with Crippen molar-refractivity contribution >= 4 is 23.9 Å². The van der Waals surface area contributed by atoms with E-state index in [1.54, 1.807) is 12.1 Å². The summed E-state index contributed by atoms with van der Waals surface area (Å²) in [5.41, 5.74) is 8.71. The molecule has 0 aliphatic carbocycles. The number of fused-ring (bicyclic) bond motifs is 2. The summed E-state index contributed by atoms with van der Waals surface area (Å²) in [6, 6.07) is 13.6. The highest BCUT2D eigenvalue weighted by atomic mass is 16.6. The normalized spacial score (nSPS) is 13.6. The Morgan fingerprint density at radius 1 is 0.429 bits per heavy atom. The SMILES string of the molecule is Cc1cc(-c2cc(C)c(Oc3ccc4c(c3)C(=O)OC4=O)c(C)c2C)c(C)c(C)c1Oc1ccc2c(c1)C(=O)OC2=O. The zero-order chi connectivity index (χ0) is 30.0. The third-order valence-electron chi connectivity index (χ3n) is 8.01. The van der Waals surface area contributed by atoms with Crippen molar-refractivity contribution in [2.24, 2.45) is 0 Å². The number of aryl methyl sites for hydroxylation is 2. The molecule has 210 valence electrons. The number of ether oxygens (including phenoxy) is 4. The third kappa shape index (κ3) is 4.23. The van der Waals surface area contributed by atoms with Gasteiger partial charge in [0.25, 0.3) is 0 Å². The molecule has 0 atom stereocenters. The van der Waals surface area contributed by atoms with Crippen molar-refractivity contribution in [1.29, 1.82) is 0 Å². The topological polar surface area (TPSA) is 105 Å². The van der Waals surface area contributed by atoms with Crippen molar-refractivity contribution in [3.05, 3.63) is 104 Å². The molecule has 0 unspecified atom stereocenters. The standard InChI is InChI=1S/C34H26O8/c1-15-11-25(17(3)19(5)29(15)39-21-7-9-23-27(13-21)33(37)41-31(23)35)26-12-16(2)30(20(6)18(26)4)40-22-8-10-24-28(14-22)34(38)42-32(24)36/h7-14H,1-6H3. The summed E-state index contributed by atoms with van der Waals surface area (Å²) >= 11 is 0. The molecule has 8 heteroatoms. The summed E-state index contributed by atoms with van der Waals surface area (Å²) in [6.07, 6.45) is 0. The van der Waals surface area contributed by atoms with Gasteiger partial charge in [-0.25, -0.2) is 19.2 Å². The van der Waals surface area contributed by atoms with Gasteiger partial charge in [0.1, 0.15) is 23.0 Å². The van der Waals surface area contributed by atoms with Crippen LogP contribution in [0.15, 0.2) is 48.5 Å². The summed E-state index contributed by atoms with van der Waals surface area (Å²) in [6.45, 7) is 12.0. The Kier molecular flexibility index (Phi) is 6.22. The minimum Gasteiger partial charge on any atom is -0.457 e. The molecule has 2 heterocycles. The fourth-order valence-corrected chi connectivity index (χ4v) is 5.48. The predicted octanol–water partition coefficient (Wildman–Crippen LogP) is 7.41. The number of cyclic esters (lactones) is 4. The van der Waals surface area contributed by atoms with Crippen LogP contribution in [0, 0.1) is 41.5 Å². The van der Waals surface area contributed by atoms with Gasteiger partial charge in [-0.3, -0.25) is 0 Å². The number of carbonyl (C=O) groups excluding carboxylic acids is 4. The van der Waals surface area contributed by atoms with Gasteiger partial charge in [0.05, 0.1) is 22.3 Å². The Hall–Kier alpha value is -5.24. The van der Waals surface area contributed by atoms with Gasteiger partial charge >= 0.3 is 23.9 Å². The van der Waals surface area contributed by atoms with Crippen LogP contribution in [-0.4, -0.2) is 23.9 Å². The first-order valence-electron chi connectivity index (χ1n) is 13.3. The van der Waals surface area contributed by atoms with Gasteiger partial charge in [-0.2, -0.15) is 0 Å². The van der Waals surface area contributed by atoms with Crippen molar-refractivity contribution in [1.82, 2.24) is 0 Å². The highest BCUT2D eigenvalue weighted by molar-refractivity contribution is 6.15. The molecule has 6 rings (SSSR count). The highest BCUT2D eigenvalue weighted by Gasteiger charge is 2.31. The van der Waals surface area contributed by atoms with Crippen LogP contribution < -0.4 is 9.47 Å². The Labute approximate surface area is 241 Å². The van der Waals surface area contributed by atoms with Gasteiger partial charge in [0, 0.05) is 0 Å². The Balaban J connectivity index is 1.34. The van der Waals surface area contributed by atoms with E-state index >= 15 is 0 Å². The van der Waals surface area contributed by atoms with Crippen LogP contribution in [0.1, 0.15) is 74.8 Å². The molecule has 0 fully saturated rings. The maximum Gasteiger partial charge on any atom is 0.347 e. The average Bonchev–Trinajstić information content (AvgIpc) is 3.41. The summed E-state index contributed by atoms with van der Waals surface area (Å²) in [5, 5.41) is 0. The molecule has 0 bridgehead atoms. The molecular formula is C34H26O8. The van der Waals surface area contributed by atoms with Crippen LogP contribution >= 0.6 is 0 Å². The quantitative estimate of drug-likeness (QED) is 0.183. The molecule has 2 aliphatic rings. The predicted molar refractivity (Wildman–Crippen MR) is 153 cm³/mol. The van der Waals surface area contributed by atoms with E-state index in [-0.39, 0.29) is 22.3 Å². The average molecular weight is 563 g/mol. The smallest absolute Gasteiger partial charge is 0.347 e. The molecule has 4 aromatic rings. The molecule has 0 aromatic heterocycles. The molecular weight excluding hydrogens is 536 g/mol. The second-order valence-corrected chi connectivity index (χ2v) is 10.6. The number of hydrogen-bond donors (Lipinski definition) is 0. The fourth-order valence-electron chi connectivity index (χ4n) is 5.48. The van der Waals surface area contributed by atoms with E-state index in [1.807, 2.05) is 41.5 Å². The number of rotatable bonds is 5. The summed E-state index contributed by atoms with van der Waals surface area (Å²) in [5.74, 6) is -0.438. The van der Waals surface area contributed by atoms with E-state index in [0.29, 0.717) is 23.0 Å². The van der Waals surface area contributed by atoms with Crippen molar-refractivity contribution in [3.63, 3.8) is 0 Å². The minimum atomic E-state index is -0.678. The second-order valence-electron chi connectivity index (χ2n) is 10.6. The lowest BCUT2D eigenvalue weighted by Crippen LogP contribution is -2.01. The van der Waals surface area contributed by atoms with Crippen LogP contribution in [0.3, 0.4) is 0 Å². The number of esters is 4. The monoisotopic (exact) mass is 562 g/mol. The van der Waals surface area contributed by atoms with Gasteiger partial charge in [0.15, 0.2) is 0 Å². The molecule has 0 saturated heterocycles. The maximum atomic E-state index is 12.0. The Morgan fingerprint density at radius 2 is 0.786 bits per heavy atom. The van der Waals surface area contributed by atoms with E-state index in [2.05, 4.69) is 12.1 Å². The maximum absolute atomic E-state index is 12.0. The zero-order valence-electron chi connectivity index (χ0n) is 23.9. The van der Waals surface area contributed by atoms with E-state index in [9.17, 15) is 19.2 Å². The van der Waals surface area contributed by atoms with Crippen LogP contribution in [0.4, 0.5) is 0 Å². The van der Waals surface area contributed by atoms with Crippen LogP contribution in [0.5, 0.6) is 23.0 Å². The van der Waals surface area contributed by atoms with Gasteiger partial charge in [-0.05, 0) is 135 Å². The van der Waals surface area contributed by atoms with E-state index < -0.39 is 23.9 Å². The summed E-state index contributed by atoms with van der Waals surface area (Å²) < 4.78 is 21.9. The van der Waals surface area contributed by atoms with Gasteiger partial charge in [-0.1, -0.05) is 0 Å². The number of carbonyl (C=O) groups is 4. The van der Waals surface area contributed by atoms with E-state index in [0.717, 1.165) is 44.5 Å². The molecule has 42 heavy (non-hydrogen) atoms. The van der Waals surface area contributed by atoms with Crippen molar-refractivity contribution in [2.75, 3.05) is 0 Å². The molecule has 0 N–H and O–H groups in total. The largest absolute Gasteiger partial charge is 0.457 e. The molecule has 0 spiro atoms. The molecule has 0 radical (unpaired) electrons. The zero-order valence-corrected chi connectivity index (χ0v) is 23.9. The van der Waals surface area contributed by atoms with Crippen LogP contribution in [-0.2, 0) is 9.47 Å². The lowest BCUT2D eigenvalue weighted by atomic mass is 9.88. The Morgan fingerprint density at radius 3 is 1.17 bits per heavy atom. The first kappa shape index (κ1) is 27.0. The van der Waals surface area contributed by atoms with Gasteiger partial charge in [0.2, 0.25) is 0 Å². The lowest BCUT2D eigenvalue weighted by molar-refractivity contribution is 0.0425. The molecule has 8 nitrogen and oxygen atoms in total. The molecule has 4 aromatic carbocycles. The van der Waals surface area contributed by atoms with E-state index in [4.69, 9.17) is 18.9 Å². The molecule has 0 saturated carbocycles. The van der Waals surface area contributed by atoms with Gasteiger partial charge < -0.3 is 18.9 Å². The van der Waals surface area contributed by atoms with Crippen molar-refractivity contribution in [3.8, 4) is 34.1 Å². The Bertz CT molecular complexity index is 1780. The van der Waals surface area contributed by atoms with Crippen LogP contribution in [0.2, 0.25) is 0 Å². The molecule has 0 amide bonds. The minimum absolute atomic E-state index is 0.193. The summed E-state index contributed by atoms with van der Waals surface area (Å²) in [4.78, 5) is 47.6. The third-order valence-corrected chi connectivity index (χ3v) is 8.01. The number of hydrogen-bond acceptors (Lipinski definition) is 8. The van der Waals surface area contributed by atoms with E-state index in [1.165, 1.54) is 24.3 Å². The highest BCUT2D eigenvalue weighted by Crippen LogP contribution is 2.42.